The van der Waals surface area contributed by atoms with E-state index in [-0.39, 0.29) is 17.6 Å². The number of thiophene rings is 1. The van der Waals surface area contributed by atoms with Crippen LogP contribution in [0, 0.1) is 6.92 Å². The first-order valence-corrected chi connectivity index (χ1v) is 10.9. The summed E-state index contributed by atoms with van der Waals surface area (Å²) in [6.45, 7) is 8.13. The van der Waals surface area contributed by atoms with Gasteiger partial charge in [0, 0.05) is 12.0 Å². The molecule has 0 spiro atoms. The van der Waals surface area contributed by atoms with Crippen molar-refractivity contribution in [1.29, 1.82) is 0 Å². The zero-order chi connectivity index (χ0) is 19.6. The summed E-state index contributed by atoms with van der Waals surface area (Å²) in [5.74, 6) is 1.04. The van der Waals surface area contributed by atoms with Gasteiger partial charge >= 0.3 is 5.97 Å². The molecule has 3 rings (SSSR count). The van der Waals surface area contributed by atoms with E-state index in [1.807, 2.05) is 6.92 Å². The highest BCUT2D eigenvalue weighted by Gasteiger charge is 2.30. The number of nitrogens with one attached hydrogen (secondary N) is 1. The van der Waals surface area contributed by atoms with Crippen LogP contribution in [0.25, 0.3) is 0 Å². The Morgan fingerprint density at radius 3 is 2.78 bits per heavy atom. The summed E-state index contributed by atoms with van der Waals surface area (Å²) < 4.78 is 7.21. The molecule has 1 saturated carbocycles. The number of esters is 1. The van der Waals surface area contributed by atoms with E-state index < -0.39 is 0 Å². The number of ether oxygens (including phenoxy) is 1. The molecule has 1 fully saturated rings. The van der Waals surface area contributed by atoms with Crippen molar-refractivity contribution in [2.24, 2.45) is 0 Å². The van der Waals surface area contributed by atoms with Gasteiger partial charge in [-0.2, -0.15) is 0 Å². The molecular weight excluding hydrogens is 384 g/mol. The third kappa shape index (κ3) is 4.70. The Morgan fingerprint density at radius 2 is 2.15 bits per heavy atom. The van der Waals surface area contributed by atoms with Crippen LogP contribution in [0.5, 0.6) is 0 Å². The van der Waals surface area contributed by atoms with Crippen LogP contribution in [-0.4, -0.2) is 39.0 Å². The molecule has 9 heteroatoms. The van der Waals surface area contributed by atoms with E-state index in [1.165, 1.54) is 23.1 Å². The number of carbonyl (C=O) groups is 2. The summed E-state index contributed by atoms with van der Waals surface area (Å²) in [5, 5.41) is 12.9. The van der Waals surface area contributed by atoms with E-state index in [4.69, 9.17) is 4.74 Å². The van der Waals surface area contributed by atoms with Crippen molar-refractivity contribution in [2.45, 2.75) is 57.7 Å². The fourth-order valence-corrected chi connectivity index (χ4v) is 4.50. The minimum atomic E-state index is -0.353. The van der Waals surface area contributed by atoms with Gasteiger partial charge in [-0.3, -0.25) is 4.79 Å². The molecule has 27 heavy (non-hydrogen) atoms. The largest absolute Gasteiger partial charge is 0.462 e. The maximum atomic E-state index is 12.3. The Bertz CT molecular complexity index is 840. The number of thioether (sulfide) groups is 1. The summed E-state index contributed by atoms with van der Waals surface area (Å²) in [6, 6.07) is 2.26. The number of nitrogens with zero attached hydrogens (tertiary/aromatic N) is 3. The van der Waals surface area contributed by atoms with Crippen molar-refractivity contribution in [1.82, 2.24) is 14.8 Å². The molecule has 0 unspecified atom stereocenters. The first kappa shape index (κ1) is 19.9. The molecule has 1 N–H and O–H groups in total. The van der Waals surface area contributed by atoms with Crippen LogP contribution < -0.4 is 5.32 Å². The molecule has 0 radical (unpaired) electrons. The van der Waals surface area contributed by atoms with Gasteiger partial charge in [0.1, 0.15) is 10.7 Å². The second-order valence-electron chi connectivity index (χ2n) is 6.78. The van der Waals surface area contributed by atoms with Gasteiger partial charge in [0.2, 0.25) is 5.91 Å². The minimum absolute atomic E-state index is 0.131. The van der Waals surface area contributed by atoms with Gasteiger partial charge in [0.05, 0.1) is 17.4 Å². The predicted octanol–water partition coefficient (Wildman–Crippen LogP) is 4.01. The van der Waals surface area contributed by atoms with E-state index in [9.17, 15) is 9.59 Å². The standard InChI is InChI=1S/C18H24N4O3S2/c1-5-25-17(24)15-11(4)8-14(27-15)19-13(23)9-26-18-21-20-16(10(2)3)22(18)12-6-7-12/h8,10,12H,5-7,9H2,1-4H3,(H,19,23). The highest BCUT2D eigenvalue weighted by atomic mass is 32.2. The first-order valence-electron chi connectivity index (χ1n) is 9.05. The maximum absolute atomic E-state index is 12.3. The molecule has 2 aromatic rings. The normalized spacial score (nSPS) is 13.8. The highest BCUT2D eigenvalue weighted by Crippen LogP contribution is 2.40. The number of rotatable bonds is 8. The van der Waals surface area contributed by atoms with E-state index in [0.717, 1.165) is 29.4 Å². The lowest BCUT2D eigenvalue weighted by Gasteiger charge is -2.10. The highest BCUT2D eigenvalue weighted by molar-refractivity contribution is 7.99. The molecular formula is C18H24N4O3S2. The first-order chi connectivity index (χ1) is 12.9. The van der Waals surface area contributed by atoms with Crippen LogP contribution in [0.3, 0.4) is 0 Å². The molecule has 0 bridgehead atoms. The number of hydrogen-bond acceptors (Lipinski definition) is 7. The van der Waals surface area contributed by atoms with Gasteiger partial charge in [0.15, 0.2) is 5.16 Å². The molecule has 146 valence electrons. The second kappa shape index (κ2) is 8.43. The molecule has 0 saturated heterocycles. The van der Waals surface area contributed by atoms with E-state index >= 15 is 0 Å². The number of aromatic nitrogens is 3. The third-order valence-electron chi connectivity index (χ3n) is 4.09. The zero-order valence-corrected chi connectivity index (χ0v) is 17.6. The van der Waals surface area contributed by atoms with E-state index in [2.05, 4.69) is 33.9 Å². The lowest BCUT2D eigenvalue weighted by Crippen LogP contribution is -2.14. The predicted molar refractivity (Wildman–Crippen MR) is 107 cm³/mol. The average molecular weight is 409 g/mol. The topological polar surface area (TPSA) is 86.1 Å². The van der Waals surface area contributed by atoms with Crippen molar-refractivity contribution in [3.8, 4) is 0 Å². The van der Waals surface area contributed by atoms with Crippen molar-refractivity contribution < 1.29 is 14.3 Å². The quantitative estimate of drug-likeness (QED) is 0.525. The number of anilines is 1. The van der Waals surface area contributed by atoms with Crippen LogP contribution >= 0.6 is 23.1 Å². The van der Waals surface area contributed by atoms with Crippen molar-refractivity contribution in [3.63, 3.8) is 0 Å². The van der Waals surface area contributed by atoms with Crippen molar-refractivity contribution in [3.05, 3.63) is 22.3 Å². The maximum Gasteiger partial charge on any atom is 0.348 e. The summed E-state index contributed by atoms with van der Waals surface area (Å²) in [7, 11) is 0. The van der Waals surface area contributed by atoms with Gasteiger partial charge in [-0.25, -0.2) is 4.79 Å². The van der Waals surface area contributed by atoms with Crippen LogP contribution in [0.1, 0.15) is 66.6 Å². The molecule has 1 amide bonds. The van der Waals surface area contributed by atoms with Gasteiger partial charge in [-0.1, -0.05) is 25.6 Å². The number of hydrogen-bond donors (Lipinski definition) is 1. The molecule has 2 heterocycles. The lowest BCUT2D eigenvalue weighted by atomic mass is 10.2. The molecule has 0 aromatic carbocycles. The third-order valence-corrected chi connectivity index (χ3v) is 6.17. The Hall–Kier alpha value is -1.87. The van der Waals surface area contributed by atoms with Crippen molar-refractivity contribution >= 4 is 40.0 Å². The monoisotopic (exact) mass is 408 g/mol. The van der Waals surface area contributed by atoms with Crippen LogP contribution in [0.4, 0.5) is 5.00 Å². The number of carbonyl (C=O) groups excluding carboxylic acids is 2. The fraction of sp³-hybridized carbons (Fsp3) is 0.556. The molecule has 7 nitrogen and oxygen atoms in total. The fourth-order valence-electron chi connectivity index (χ4n) is 2.70. The van der Waals surface area contributed by atoms with Gasteiger partial charge in [0.25, 0.3) is 0 Å². The lowest BCUT2D eigenvalue weighted by molar-refractivity contribution is -0.113. The second-order valence-corrected chi connectivity index (χ2v) is 8.77. The number of amides is 1. The SMILES string of the molecule is CCOC(=O)c1sc(NC(=O)CSc2nnc(C(C)C)n2C2CC2)cc1C. The van der Waals surface area contributed by atoms with Crippen molar-refractivity contribution in [2.75, 3.05) is 17.7 Å². The molecule has 1 aliphatic carbocycles. The van der Waals surface area contributed by atoms with Crippen LogP contribution in [0.2, 0.25) is 0 Å². The Kier molecular flexibility index (Phi) is 6.21. The summed E-state index contributed by atoms with van der Waals surface area (Å²) >= 11 is 2.63. The van der Waals surface area contributed by atoms with Gasteiger partial charge in [-0.05, 0) is 38.3 Å². The van der Waals surface area contributed by atoms with Crippen LogP contribution in [-0.2, 0) is 9.53 Å². The smallest absolute Gasteiger partial charge is 0.348 e. The van der Waals surface area contributed by atoms with Crippen LogP contribution in [0.15, 0.2) is 11.2 Å². The Balaban J connectivity index is 1.61. The molecule has 0 aliphatic heterocycles. The van der Waals surface area contributed by atoms with E-state index in [0.29, 0.717) is 28.4 Å². The van der Waals surface area contributed by atoms with Gasteiger partial charge < -0.3 is 14.6 Å². The summed E-state index contributed by atoms with van der Waals surface area (Å²) in [4.78, 5) is 24.8. The molecule has 2 aromatic heterocycles. The number of aryl methyl sites for hydroxylation is 1. The summed E-state index contributed by atoms with van der Waals surface area (Å²) in [6.07, 6.45) is 2.28. The van der Waals surface area contributed by atoms with E-state index in [1.54, 1.807) is 13.0 Å². The summed E-state index contributed by atoms with van der Waals surface area (Å²) in [5.41, 5.74) is 0.802. The van der Waals surface area contributed by atoms with Gasteiger partial charge in [-0.15, -0.1) is 21.5 Å². The molecule has 0 atom stereocenters. The average Bonchev–Trinajstić information content (AvgIpc) is 3.25. The zero-order valence-electron chi connectivity index (χ0n) is 15.9. The molecule has 1 aliphatic rings. The Morgan fingerprint density at radius 1 is 1.41 bits per heavy atom. The Labute approximate surface area is 166 Å². The minimum Gasteiger partial charge on any atom is -0.462 e.